The van der Waals surface area contributed by atoms with Crippen molar-refractivity contribution in [3.63, 3.8) is 0 Å². The van der Waals surface area contributed by atoms with Crippen molar-refractivity contribution in [1.82, 2.24) is 19.9 Å². The number of hydrogen-bond acceptors (Lipinski definition) is 10. The molecule has 1 aliphatic carbocycles. The monoisotopic (exact) mass is 689 g/mol. The average molecular weight is 690 g/mol. The minimum Gasteiger partial charge on any atom is -0.508 e. The van der Waals surface area contributed by atoms with Crippen LogP contribution >= 0.6 is 0 Å². The summed E-state index contributed by atoms with van der Waals surface area (Å²) in [7, 11) is 3.55. The lowest BCUT2D eigenvalue weighted by atomic mass is 9.76. The molecule has 2 N–H and O–H groups in total. The molecule has 2 saturated heterocycles. The zero-order chi connectivity index (χ0) is 35.6. The van der Waals surface area contributed by atoms with Crippen molar-refractivity contribution in [3.05, 3.63) is 41.5 Å². The van der Waals surface area contributed by atoms with Crippen LogP contribution in [0, 0.1) is 29.4 Å². The van der Waals surface area contributed by atoms with Crippen LogP contribution in [-0.2, 0) is 4.74 Å². The number of methoxy groups -OCH3 is 1. The number of anilines is 1. The number of fused-ring (bicyclic) bond motifs is 3. The molecule has 2 aromatic heterocycles. The van der Waals surface area contributed by atoms with Crippen molar-refractivity contribution in [3.8, 4) is 41.2 Å². The van der Waals surface area contributed by atoms with E-state index >= 15 is 4.39 Å². The first-order valence-electron chi connectivity index (χ1n) is 17.4. The number of likely N-dealkylation sites (tertiary alicyclic amines) is 1. The maximum Gasteiger partial charge on any atom is 0.319 e. The molecule has 3 fully saturated rings. The molecule has 0 bridgehead atoms. The van der Waals surface area contributed by atoms with Gasteiger partial charge in [0.2, 0.25) is 5.88 Å². The molecular weight excluding hydrogens is 644 g/mol. The Morgan fingerprint density at radius 2 is 1.88 bits per heavy atom. The number of aromatic hydroxyl groups is 1. The summed E-state index contributed by atoms with van der Waals surface area (Å²) in [6, 6.07) is 5.74. The highest BCUT2D eigenvalue weighted by atomic mass is 19.1. The lowest BCUT2D eigenvalue weighted by molar-refractivity contribution is 0.0133. The molecule has 12 heteroatoms. The molecule has 3 aliphatic rings. The van der Waals surface area contributed by atoms with Gasteiger partial charge in [-0.3, -0.25) is 0 Å². The highest BCUT2D eigenvalue weighted by molar-refractivity contribution is 6.04. The highest BCUT2D eigenvalue weighted by Crippen LogP contribution is 2.48. The summed E-state index contributed by atoms with van der Waals surface area (Å²) in [6.45, 7) is 6.63. The summed E-state index contributed by atoms with van der Waals surface area (Å²) in [5.41, 5.74) is -0.456. The molecule has 0 amide bonds. The number of halogens is 2. The predicted octanol–water partition coefficient (Wildman–Crippen LogP) is 6.08. The van der Waals surface area contributed by atoms with Crippen LogP contribution in [0.25, 0.3) is 32.9 Å². The second-order valence-corrected chi connectivity index (χ2v) is 13.5. The third-order valence-electron chi connectivity index (χ3n) is 9.97. The van der Waals surface area contributed by atoms with Gasteiger partial charge in [0.15, 0.2) is 5.82 Å². The number of piperidine rings is 1. The van der Waals surface area contributed by atoms with Crippen molar-refractivity contribution in [2.24, 2.45) is 5.41 Å². The van der Waals surface area contributed by atoms with E-state index in [2.05, 4.69) is 41.7 Å². The summed E-state index contributed by atoms with van der Waals surface area (Å²) in [5, 5.41) is 22.0. The number of benzene rings is 2. The zero-order valence-corrected chi connectivity index (χ0v) is 29.1. The highest BCUT2D eigenvalue weighted by Gasteiger charge is 2.47. The molecule has 0 spiro atoms. The van der Waals surface area contributed by atoms with Gasteiger partial charge in [-0.1, -0.05) is 38.7 Å². The van der Waals surface area contributed by atoms with E-state index < -0.39 is 17.7 Å². The minimum atomic E-state index is -0.852. The standard InChI is InChI=1S/C35H37F2N5O5.C3H8/c1-4-23-25(36)9-8-20-15-21(43)16-24(27(20)23)30-29(37)31-28(33(38-30)45-3)32(42-13-14-46-18-22(44)17-42)40-34(39-31)47-19-35-10-5-7-26(35)41(2)12-6-11-35;1-3-2/h1,8-9,15-16,22,26,43-44H,5-7,10-14,17-19H2,2-3H3;3H2,1-2H3. The molecule has 2 aliphatic heterocycles. The van der Waals surface area contributed by atoms with Crippen molar-refractivity contribution >= 4 is 27.5 Å². The van der Waals surface area contributed by atoms with E-state index in [1.165, 1.54) is 37.8 Å². The number of phenolic OH excluding ortho intramolecular Hbond substituents is 1. The van der Waals surface area contributed by atoms with Gasteiger partial charge < -0.3 is 34.2 Å². The Hall–Kier alpha value is -4.31. The third kappa shape index (κ3) is 6.62. The van der Waals surface area contributed by atoms with E-state index in [-0.39, 0.29) is 75.1 Å². The van der Waals surface area contributed by atoms with Gasteiger partial charge in [-0.05, 0) is 62.9 Å². The van der Waals surface area contributed by atoms with Crippen LogP contribution in [0.4, 0.5) is 14.6 Å². The smallest absolute Gasteiger partial charge is 0.319 e. The molecule has 10 nitrogen and oxygen atoms in total. The fraction of sp³-hybridized carbons (Fsp3) is 0.500. The van der Waals surface area contributed by atoms with Crippen molar-refractivity contribution < 1.29 is 33.2 Å². The van der Waals surface area contributed by atoms with Gasteiger partial charge in [-0.15, -0.1) is 6.42 Å². The van der Waals surface area contributed by atoms with Gasteiger partial charge >= 0.3 is 6.01 Å². The number of hydrogen-bond donors (Lipinski definition) is 2. The topological polar surface area (TPSA) is 113 Å². The Kier molecular flexibility index (Phi) is 10.6. The Morgan fingerprint density at radius 1 is 1.10 bits per heavy atom. The number of phenols is 1. The molecule has 4 aromatic rings. The van der Waals surface area contributed by atoms with Gasteiger partial charge in [0.25, 0.3) is 0 Å². The molecule has 4 heterocycles. The number of terminal acetylenes is 1. The van der Waals surface area contributed by atoms with Gasteiger partial charge in [-0.25, -0.2) is 13.8 Å². The molecule has 1 saturated carbocycles. The Labute approximate surface area is 291 Å². The molecule has 266 valence electrons. The summed E-state index contributed by atoms with van der Waals surface area (Å²) < 4.78 is 49.6. The maximum atomic E-state index is 17.0. The number of ether oxygens (including phenoxy) is 3. The fourth-order valence-corrected chi connectivity index (χ4v) is 7.85. The van der Waals surface area contributed by atoms with E-state index in [4.69, 9.17) is 25.6 Å². The first kappa shape index (κ1) is 35.5. The summed E-state index contributed by atoms with van der Waals surface area (Å²) >= 11 is 0. The van der Waals surface area contributed by atoms with E-state index in [1.807, 2.05) is 0 Å². The Morgan fingerprint density at radius 3 is 2.64 bits per heavy atom. The predicted molar refractivity (Wildman–Crippen MR) is 189 cm³/mol. The number of nitrogens with zero attached hydrogens (tertiary/aromatic N) is 5. The Balaban J connectivity index is 0.00000139. The van der Waals surface area contributed by atoms with Crippen LogP contribution in [-0.4, -0.2) is 95.8 Å². The van der Waals surface area contributed by atoms with Crippen LogP contribution in [0.5, 0.6) is 17.6 Å². The molecule has 3 atom stereocenters. The summed E-state index contributed by atoms with van der Waals surface area (Å²) in [5.74, 6) is 0.936. The lowest BCUT2D eigenvalue weighted by Gasteiger charge is -2.44. The largest absolute Gasteiger partial charge is 0.508 e. The second-order valence-electron chi connectivity index (χ2n) is 13.5. The quantitative estimate of drug-likeness (QED) is 0.231. The number of β-amino-alcohol motifs (C(OH)–C–C–N with tert-alkyl or cyclic N) is 1. The van der Waals surface area contributed by atoms with Crippen LogP contribution in [0.1, 0.15) is 57.9 Å². The maximum absolute atomic E-state index is 17.0. The number of pyridine rings is 1. The zero-order valence-electron chi connectivity index (χ0n) is 29.1. The van der Waals surface area contributed by atoms with Gasteiger partial charge in [0.1, 0.15) is 34.0 Å². The normalized spacial score (nSPS) is 22.4. The number of rotatable bonds is 6. The third-order valence-corrected chi connectivity index (χ3v) is 9.97. The Bertz CT molecular complexity index is 1920. The first-order valence-corrected chi connectivity index (χ1v) is 17.4. The van der Waals surface area contributed by atoms with Crippen LogP contribution in [0.15, 0.2) is 24.3 Å². The lowest BCUT2D eigenvalue weighted by Crippen LogP contribution is -2.50. The van der Waals surface area contributed by atoms with Crippen molar-refractivity contribution in [1.29, 1.82) is 0 Å². The molecule has 2 aromatic carbocycles. The van der Waals surface area contributed by atoms with E-state index in [9.17, 15) is 14.6 Å². The minimum absolute atomic E-state index is 0.00360. The van der Waals surface area contributed by atoms with E-state index in [0.29, 0.717) is 31.2 Å². The first-order chi connectivity index (χ1) is 24.1. The number of aliphatic hydroxyl groups is 1. The van der Waals surface area contributed by atoms with Crippen molar-refractivity contribution in [2.75, 3.05) is 58.5 Å². The van der Waals surface area contributed by atoms with Crippen molar-refractivity contribution in [2.45, 2.75) is 64.5 Å². The molecule has 3 unspecified atom stereocenters. The van der Waals surface area contributed by atoms with Crippen LogP contribution in [0.2, 0.25) is 0 Å². The second kappa shape index (κ2) is 14.9. The molecule has 0 radical (unpaired) electrons. The fourth-order valence-electron chi connectivity index (χ4n) is 7.85. The van der Waals surface area contributed by atoms with Gasteiger partial charge in [0, 0.05) is 35.5 Å². The van der Waals surface area contributed by atoms with Gasteiger partial charge in [0.05, 0.1) is 38.6 Å². The number of aromatic nitrogens is 3. The summed E-state index contributed by atoms with van der Waals surface area (Å²) in [4.78, 5) is 18.1. The molecule has 7 rings (SSSR count). The summed E-state index contributed by atoms with van der Waals surface area (Å²) in [6.07, 6.45) is 11.4. The molecular formula is C38H45F2N5O5. The van der Waals surface area contributed by atoms with Gasteiger partial charge in [-0.2, -0.15) is 9.97 Å². The SMILES string of the molecule is C#Cc1c(F)ccc2cc(O)cc(-c3nc(OC)c4c(N5CCOCC(O)C5)nc(OCC56CCCC5N(C)CCC6)nc4c3F)c12.CCC. The number of aliphatic hydroxyl groups excluding tert-OH is 1. The van der Waals surface area contributed by atoms with Crippen LogP contribution in [0.3, 0.4) is 0 Å². The average Bonchev–Trinajstić information content (AvgIpc) is 3.43. The van der Waals surface area contributed by atoms with Crippen LogP contribution < -0.4 is 14.4 Å². The van der Waals surface area contributed by atoms with E-state index in [0.717, 1.165) is 38.6 Å². The molecule has 50 heavy (non-hydrogen) atoms. The van der Waals surface area contributed by atoms with E-state index in [1.54, 1.807) is 4.90 Å².